The van der Waals surface area contributed by atoms with Crippen molar-refractivity contribution < 1.29 is 32.0 Å². The Morgan fingerprint density at radius 2 is 1.59 bits per heavy atom. The van der Waals surface area contributed by atoms with Crippen molar-refractivity contribution in [3.05, 3.63) is 98.9 Å². The third-order valence-electron chi connectivity index (χ3n) is 7.92. The maximum atomic E-state index is 13.4. The molecule has 3 aromatic rings. The summed E-state index contributed by atoms with van der Waals surface area (Å²) in [5.41, 5.74) is 0.701. The summed E-state index contributed by atoms with van der Waals surface area (Å²) in [7, 11) is -0.963. The number of H-pyrrole nitrogens is 1. The van der Waals surface area contributed by atoms with Gasteiger partial charge in [-0.25, -0.2) is 4.79 Å². The Bertz CT molecular complexity index is 1500. The lowest BCUT2D eigenvalue weighted by atomic mass is 9.77. The van der Waals surface area contributed by atoms with Crippen LogP contribution in [0.5, 0.6) is 0 Å². The van der Waals surface area contributed by atoms with Gasteiger partial charge in [0.1, 0.15) is 12.2 Å². The number of carbonyl (C=O) groups is 1. The van der Waals surface area contributed by atoms with E-state index in [4.69, 9.17) is 14.0 Å². The molecule has 1 aliphatic carbocycles. The number of ether oxygens (including phenoxy) is 1. The molecular formula is C30H30BF3N2O5. The third kappa shape index (κ3) is 5.69. The zero-order chi connectivity index (χ0) is 29.6. The third-order valence-corrected chi connectivity index (χ3v) is 7.92. The first-order valence-corrected chi connectivity index (χ1v) is 13.2. The van der Waals surface area contributed by atoms with E-state index in [2.05, 4.69) is 10.3 Å². The van der Waals surface area contributed by atoms with E-state index in [9.17, 15) is 22.8 Å². The number of alkyl halides is 3. The number of alkyl carbamates (subject to hydrolysis) is 1. The quantitative estimate of drug-likeness (QED) is 0.360. The van der Waals surface area contributed by atoms with Crippen molar-refractivity contribution in [1.82, 2.24) is 10.3 Å². The van der Waals surface area contributed by atoms with Crippen LogP contribution in [0.2, 0.25) is 0 Å². The molecule has 7 nitrogen and oxygen atoms in total. The van der Waals surface area contributed by atoms with Gasteiger partial charge in [-0.3, -0.25) is 4.79 Å². The summed E-state index contributed by atoms with van der Waals surface area (Å²) in [5.74, 6) is -0.131. The number of fused-ring (bicyclic) bond motifs is 3. The van der Waals surface area contributed by atoms with Crippen LogP contribution in [0.1, 0.15) is 55.9 Å². The van der Waals surface area contributed by atoms with Crippen molar-refractivity contribution in [1.29, 1.82) is 0 Å². The van der Waals surface area contributed by atoms with E-state index in [0.29, 0.717) is 5.47 Å². The minimum atomic E-state index is -4.83. The summed E-state index contributed by atoms with van der Waals surface area (Å²) in [6.45, 7) is 7.33. The average Bonchev–Trinajstić information content (AvgIpc) is 3.34. The van der Waals surface area contributed by atoms with Crippen molar-refractivity contribution in [3.63, 3.8) is 0 Å². The molecule has 0 atom stereocenters. The van der Waals surface area contributed by atoms with Crippen LogP contribution in [0.15, 0.2) is 71.1 Å². The van der Waals surface area contributed by atoms with E-state index in [1.807, 2.05) is 76.2 Å². The fourth-order valence-corrected chi connectivity index (χ4v) is 5.03. The summed E-state index contributed by atoms with van der Waals surface area (Å²) < 4.78 is 57.9. The second-order valence-electron chi connectivity index (χ2n) is 11.2. The van der Waals surface area contributed by atoms with Crippen LogP contribution in [0, 0.1) is 0 Å². The van der Waals surface area contributed by atoms with E-state index in [1.54, 1.807) is 0 Å². The lowest BCUT2D eigenvalue weighted by molar-refractivity contribution is -0.138. The number of carbonyl (C=O) groups excluding carboxylic acids is 1. The van der Waals surface area contributed by atoms with Gasteiger partial charge in [0.2, 0.25) is 0 Å². The van der Waals surface area contributed by atoms with Crippen LogP contribution >= 0.6 is 0 Å². The molecule has 0 unspecified atom stereocenters. The largest absolute Gasteiger partial charge is 0.492 e. The summed E-state index contributed by atoms with van der Waals surface area (Å²) in [4.78, 5) is 26.7. The molecule has 11 heteroatoms. The number of hydrogen-bond acceptors (Lipinski definition) is 5. The molecule has 41 heavy (non-hydrogen) atoms. The molecule has 0 bridgehead atoms. The van der Waals surface area contributed by atoms with Crippen molar-refractivity contribution in [2.24, 2.45) is 0 Å². The van der Waals surface area contributed by atoms with Crippen molar-refractivity contribution in [2.45, 2.75) is 51.0 Å². The molecule has 2 aliphatic rings. The summed E-state index contributed by atoms with van der Waals surface area (Å²) in [5, 5.41) is 2.68. The zero-order valence-electron chi connectivity index (χ0n) is 23.1. The van der Waals surface area contributed by atoms with Gasteiger partial charge in [0.15, 0.2) is 0 Å². The van der Waals surface area contributed by atoms with Crippen LogP contribution in [0.4, 0.5) is 18.0 Å². The van der Waals surface area contributed by atoms with E-state index in [0.717, 1.165) is 34.5 Å². The molecule has 0 saturated carbocycles. The fourth-order valence-electron chi connectivity index (χ4n) is 5.03. The van der Waals surface area contributed by atoms with Crippen LogP contribution in [0.25, 0.3) is 17.2 Å². The highest BCUT2D eigenvalue weighted by molar-refractivity contribution is 6.56. The first-order chi connectivity index (χ1) is 19.3. The van der Waals surface area contributed by atoms with Gasteiger partial charge in [-0.05, 0) is 67.1 Å². The highest BCUT2D eigenvalue weighted by Gasteiger charge is 2.52. The van der Waals surface area contributed by atoms with Gasteiger partial charge in [-0.1, -0.05) is 54.6 Å². The molecule has 214 valence electrons. The Morgan fingerprint density at radius 1 is 1.02 bits per heavy atom. The molecule has 1 amide bonds. The van der Waals surface area contributed by atoms with Gasteiger partial charge < -0.3 is 24.3 Å². The number of benzene rings is 2. The Morgan fingerprint density at radius 3 is 2.15 bits per heavy atom. The normalized spacial score (nSPS) is 17.7. The predicted molar refractivity (Wildman–Crippen MR) is 149 cm³/mol. The van der Waals surface area contributed by atoms with Gasteiger partial charge in [-0.2, -0.15) is 13.2 Å². The number of aromatic nitrogens is 1. The summed E-state index contributed by atoms with van der Waals surface area (Å²) in [6.07, 6.45) is -2.97. The SMILES string of the molecule is CC1(C)OB(C(=Cc2c[nH]c(=O)c(C(F)(F)F)c2)CNC(=O)OCC2c3ccccc3-c3ccccc32)OC1(C)C. The van der Waals surface area contributed by atoms with Crippen LogP contribution < -0.4 is 10.9 Å². The lowest BCUT2D eigenvalue weighted by Crippen LogP contribution is -2.41. The Hall–Kier alpha value is -3.83. The number of halogens is 3. The van der Waals surface area contributed by atoms with Gasteiger partial charge >= 0.3 is 19.4 Å². The van der Waals surface area contributed by atoms with E-state index >= 15 is 0 Å². The molecule has 2 heterocycles. The molecule has 1 aliphatic heterocycles. The molecule has 5 rings (SSSR count). The average molecular weight is 566 g/mol. The fraction of sp³-hybridized carbons (Fsp3) is 0.333. The Kier molecular flexibility index (Phi) is 7.37. The van der Waals surface area contributed by atoms with Gasteiger partial charge in [0.25, 0.3) is 5.56 Å². The molecule has 1 aromatic heterocycles. The number of pyridine rings is 1. The van der Waals surface area contributed by atoms with Crippen LogP contribution in [-0.2, 0) is 20.2 Å². The molecule has 0 spiro atoms. The topological polar surface area (TPSA) is 89.7 Å². The molecule has 2 aromatic carbocycles. The smallest absolute Gasteiger partial charge is 0.449 e. The first kappa shape index (κ1) is 28.7. The summed E-state index contributed by atoms with van der Waals surface area (Å²) >= 11 is 0. The minimum absolute atomic E-state index is 0.0657. The maximum Gasteiger partial charge on any atom is 0.492 e. The van der Waals surface area contributed by atoms with Crippen molar-refractivity contribution in [2.75, 3.05) is 13.2 Å². The van der Waals surface area contributed by atoms with Gasteiger partial charge in [-0.15, -0.1) is 0 Å². The number of amides is 1. The summed E-state index contributed by atoms with van der Waals surface area (Å²) in [6, 6.07) is 16.7. The highest BCUT2D eigenvalue weighted by Crippen LogP contribution is 2.44. The minimum Gasteiger partial charge on any atom is -0.449 e. The molecule has 1 fully saturated rings. The second-order valence-corrected chi connectivity index (χ2v) is 11.2. The Balaban J connectivity index is 1.34. The highest BCUT2D eigenvalue weighted by atomic mass is 19.4. The van der Waals surface area contributed by atoms with Gasteiger partial charge in [0, 0.05) is 18.7 Å². The zero-order valence-corrected chi connectivity index (χ0v) is 23.1. The molecule has 0 radical (unpaired) electrons. The van der Waals surface area contributed by atoms with Crippen LogP contribution in [-0.4, -0.2) is 42.5 Å². The number of rotatable bonds is 6. The van der Waals surface area contributed by atoms with Gasteiger partial charge in [0.05, 0.1) is 11.2 Å². The standard InChI is InChI=1S/C30H30BF3N2O5/c1-28(2)29(3,4)41-31(40-28)19(13-18-14-25(30(32,33)34)26(37)35-15-18)16-36-27(38)39-17-24-22-11-7-5-9-20(22)21-10-6-8-12-23(21)24/h5-15,24H,16-17H2,1-4H3,(H,35,37)(H,36,38). The first-order valence-electron chi connectivity index (χ1n) is 13.2. The van der Waals surface area contributed by atoms with Crippen molar-refractivity contribution in [3.8, 4) is 11.1 Å². The van der Waals surface area contributed by atoms with E-state index < -0.39 is 41.7 Å². The molecular weight excluding hydrogens is 536 g/mol. The maximum absolute atomic E-state index is 13.4. The van der Waals surface area contributed by atoms with Crippen molar-refractivity contribution >= 4 is 19.3 Å². The lowest BCUT2D eigenvalue weighted by Gasteiger charge is -2.32. The predicted octanol–water partition coefficient (Wildman–Crippen LogP) is 5.95. The Labute approximate surface area is 235 Å². The number of aromatic amines is 1. The molecule has 1 saturated heterocycles. The second kappa shape index (κ2) is 10.5. The monoisotopic (exact) mass is 566 g/mol. The molecule has 2 N–H and O–H groups in total. The van der Waals surface area contributed by atoms with Crippen LogP contribution in [0.3, 0.4) is 0 Å². The van der Waals surface area contributed by atoms with E-state index in [-0.39, 0.29) is 24.6 Å². The number of nitrogens with one attached hydrogen (secondary N) is 2. The van der Waals surface area contributed by atoms with E-state index in [1.165, 1.54) is 6.08 Å². The number of hydrogen-bond donors (Lipinski definition) is 2.